The summed E-state index contributed by atoms with van der Waals surface area (Å²) in [4.78, 5) is 8.81. The number of aromatic nitrogens is 6. The molecule has 0 saturated carbocycles. The Bertz CT molecular complexity index is 782. The van der Waals surface area contributed by atoms with Crippen LogP contribution in [0.15, 0.2) is 12.4 Å². The minimum atomic E-state index is 0.656. The van der Waals surface area contributed by atoms with Gasteiger partial charge >= 0.3 is 0 Å². The predicted octanol–water partition coefficient (Wildman–Crippen LogP) is 1.42. The van der Waals surface area contributed by atoms with Crippen LogP contribution in [0, 0.1) is 13.8 Å². The molecule has 0 radical (unpaired) electrons. The summed E-state index contributed by atoms with van der Waals surface area (Å²) < 4.78 is 3.76. The van der Waals surface area contributed by atoms with Crippen molar-refractivity contribution in [2.24, 2.45) is 0 Å². The number of hydrogen-bond donors (Lipinski definition) is 0. The van der Waals surface area contributed by atoms with E-state index in [2.05, 4.69) is 33.2 Å². The van der Waals surface area contributed by atoms with Crippen LogP contribution in [0.3, 0.4) is 0 Å². The van der Waals surface area contributed by atoms with E-state index in [0.29, 0.717) is 5.78 Å². The van der Waals surface area contributed by atoms with Crippen molar-refractivity contribution >= 4 is 5.78 Å². The van der Waals surface area contributed by atoms with Gasteiger partial charge in [-0.15, -0.1) is 0 Å². The van der Waals surface area contributed by atoms with Gasteiger partial charge in [0.25, 0.3) is 5.78 Å². The minimum absolute atomic E-state index is 0.656. The van der Waals surface area contributed by atoms with Crippen LogP contribution in [0.25, 0.3) is 11.6 Å². The summed E-state index contributed by atoms with van der Waals surface area (Å²) in [6, 6.07) is 2.07. The Labute approximate surface area is 110 Å². The highest BCUT2D eigenvalue weighted by Crippen LogP contribution is 2.27. The van der Waals surface area contributed by atoms with Crippen molar-refractivity contribution in [2.45, 2.75) is 33.1 Å². The second-order valence-electron chi connectivity index (χ2n) is 5.02. The first-order chi connectivity index (χ1) is 9.24. The van der Waals surface area contributed by atoms with Crippen molar-refractivity contribution in [1.82, 2.24) is 29.4 Å². The van der Waals surface area contributed by atoms with Crippen LogP contribution in [0.2, 0.25) is 0 Å². The number of hydrogen-bond acceptors (Lipinski definition) is 4. The van der Waals surface area contributed by atoms with E-state index in [0.717, 1.165) is 42.2 Å². The van der Waals surface area contributed by atoms with Gasteiger partial charge in [0.2, 0.25) is 0 Å². The number of fused-ring (bicyclic) bond motifs is 2. The zero-order valence-electron chi connectivity index (χ0n) is 11.0. The molecule has 0 aliphatic heterocycles. The summed E-state index contributed by atoms with van der Waals surface area (Å²) >= 11 is 0. The van der Waals surface area contributed by atoms with E-state index in [1.165, 1.54) is 5.56 Å². The topological polar surface area (TPSA) is 60.9 Å². The van der Waals surface area contributed by atoms with Crippen molar-refractivity contribution < 1.29 is 0 Å². The lowest BCUT2D eigenvalue weighted by Crippen LogP contribution is -2.12. The summed E-state index contributed by atoms with van der Waals surface area (Å²) in [5.41, 5.74) is 4.51. The van der Waals surface area contributed by atoms with E-state index in [1.807, 2.05) is 11.6 Å². The summed E-state index contributed by atoms with van der Waals surface area (Å²) in [6.07, 6.45) is 4.74. The molecule has 0 atom stereocenters. The van der Waals surface area contributed by atoms with Crippen LogP contribution in [0.5, 0.6) is 0 Å². The summed E-state index contributed by atoms with van der Waals surface area (Å²) in [7, 11) is 0. The molecule has 0 amide bonds. The van der Waals surface area contributed by atoms with Crippen molar-refractivity contribution in [3.63, 3.8) is 0 Å². The van der Waals surface area contributed by atoms with Crippen LogP contribution in [0.4, 0.5) is 0 Å². The molecular weight excluding hydrogens is 240 g/mol. The molecule has 1 aliphatic carbocycles. The van der Waals surface area contributed by atoms with Crippen molar-refractivity contribution in [3.05, 3.63) is 35.0 Å². The highest BCUT2D eigenvalue weighted by atomic mass is 15.4. The molecule has 0 spiro atoms. The van der Waals surface area contributed by atoms with E-state index in [4.69, 9.17) is 0 Å². The van der Waals surface area contributed by atoms with Crippen LogP contribution >= 0.6 is 0 Å². The minimum Gasteiger partial charge on any atom is -0.219 e. The molecule has 6 nitrogen and oxygen atoms in total. The summed E-state index contributed by atoms with van der Waals surface area (Å²) in [5.74, 6) is 1.66. The van der Waals surface area contributed by atoms with Crippen LogP contribution in [-0.4, -0.2) is 29.4 Å². The normalized spacial score (nSPS) is 14.2. The van der Waals surface area contributed by atoms with Gasteiger partial charge < -0.3 is 0 Å². The molecule has 0 bridgehead atoms. The molecule has 3 heterocycles. The Morgan fingerprint density at radius 1 is 1.21 bits per heavy atom. The predicted molar refractivity (Wildman–Crippen MR) is 69.4 cm³/mol. The lowest BCUT2D eigenvalue weighted by Gasteiger charge is -2.11. The maximum Gasteiger partial charge on any atom is 0.254 e. The molecule has 96 valence electrons. The van der Waals surface area contributed by atoms with Gasteiger partial charge in [-0.25, -0.2) is 9.67 Å². The van der Waals surface area contributed by atoms with Crippen LogP contribution in [-0.2, 0) is 12.8 Å². The quantitative estimate of drug-likeness (QED) is 0.659. The third kappa shape index (κ3) is 1.43. The van der Waals surface area contributed by atoms with Crippen molar-refractivity contribution in [2.75, 3.05) is 0 Å². The fraction of sp³-hybridized carbons (Fsp3) is 0.385. The zero-order chi connectivity index (χ0) is 13.0. The van der Waals surface area contributed by atoms with Gasteiger partial charge in [0.15, 0.2) is 5.82 Å². The Balaban J connectivity index is 2.13. The molecular formula is C13H14N6. The first kappa shape index (κ1) is 10.7. The zero-order valence-corrected chi connectivity index (χ0v) is 11.0. The molecule has 0 unspecified atom stereocenters. The number of nitrogens with zero attached hydrogens (tertiary/aromatic N) is 6. The smallest absolute Gasteiger partial charge is 0.219 e. The molecule has 6 heteroatoms. The highest BCUT2D eigenvalue weighted by Gasteiger charge is 2.23. The third-order valence-corrected chi connectivity index (χ3v) is 3.63. The first-order valence-corrected chi connectivity index (χ1v) is 6.49. The molecule has 3 aromatic heterocycles. The molecule has 3 aromatic rings. The Morgan fingerprint density at radius 2 is 2.11 bits per heavy atom. The van der Waals surface area contributed by atoms with E-state index in [9.17, 15) is 0 Å². The average molecular weight is 254 g/mol. The maximum atomic E-state index is 4.59. The highest BCUT2D eigenvalue weighted by molar-refractivity contribution is 5.47. The lowest BCUT2D eigenvalue weighted by atomic mass is 10.2. The van der Waals surface area contributed by atoms with E-state index in [-0.39, 0.29) is 0 Å². The van der Waals surface area contributed by atoms with Crippen molar-refractivity contribution in [1.29, 1.82) is 0 Å². The SMILES string of the molecule is Cc1cc(C)n(-c2c3c(nc4ncnn24)CCC3)n1. The van der Waals surface area contributed by atoms with E-state index < -0.39 is 0 Å². The summed E-state index contributed by atoms with van der Waals surface area (Å²) in [6.45, 7) is 4.06. The van der Waals surface area contributed by atoms with Gasteiger partial charge in [-0.05, 0) is 39.2 Å². The second kappa shape index (κ2) is 3.63. The fourth-order valence-electron chi connectivity index (χ4n) is 2.86. The van der Waals surface area contributed by atoms with Gasteiger partial charge in [0, 0.05) is 11.3 Å². The van der Waals surface area contributed by atoms with E-state index >= 15 is 0 Å². The van der Waals surface area contributed by atoms with Gasteiger partial charge in [-0.3, -0.25) is 0 Å². The molecule has 19 heavy (non-hydrogen) atoms. The average Bonchev–Trinajstić information content (AvgIpc) is 3.05. The molecule has 1 aliphatic rings. The largest absolute Gasteiger partial charge is 0.254 e. The van der Waals surface area contributed by atoms with Gasteiger partial charge in [0.1, 0.15) is 6.33 Å². The number of aryl methyl sites for hydroxylation is 3. The Kier molecular flexibility index (Phi) is 2.04. The van der Waals surface area contributed by atoms with Gasteiger partial charge in [0.05, 0.1) is 11.4 Å². The molecule has 0 N–H and O–H groups in total. The standard InChI is InChI=1S/C13H14N6/c1-8-6-9(2)18(17-8)12-10-4-3-5-11(10)16-13-14-7-15-19(12)13/h6-7H,3-5H2,1-2H3. The Morgan fingerprint density at radius 3 is 2.89 bits per heavy atom. The Hall–Kier alpha value is -2.24. The van der Waals surface area contributed by atoms with Gasteiger partial charge in [-0.1, -0.05) is 0 Å². The molecule has 0 fully saturated rings. The third-order valence-electron chi connectivity index (χ3n) is 3.63. The van der Waals surface area contributed by atoms with Crippen molar-refractivity contribution in [3.8, 4) is 5.82 Å². The maximum absolute atomic E-state index is 4.59. The molecule has 0 aromatic carbocycles. The molecule has 0 saturated heterocycles. The van der Waals surface area contributed by atoms with Crippen LogP contribution in [0.1, 0.15) is 29.1 Å². The van der Waals surface area contributed by atoms with E-state index in [1.54, 1.807) is 10.8 Å². The summed E-state index contributed by atoms with van der Waals surface area (Å²) in [5, 5.41) is 8.89. The van der Waals surface area contributed by atoms with Crippen LogP contribution < -0.4 is 0 Å². The van der Waals surface area contributed by atoms with Gasteiger partial charge in [-0.2, -0.15) is 19.7 Å². The lowest BCUT2D eigenvalue weighted by molar-refractivity contribution is 0.741. The second-order valence-corrected chi connectivity index (χ2v) is 5.02. The molecule has 4 rings (SSSR count). The monoisotopic (exact) mass is 254 g/mol. The first-order valence-electron chi connectivity index (χ1n) is 6.49. The fourth-order valence-corrected chi connectivity index (χ4v) is 2.86. The number of rotatable bonds is 1.